The molecule has 0 saturated carbocycles. The Bertz CT molecular complexity index is 403. The Kier molecular flexibility index (Phi) is 6.91. The van der Waals surface area contributed by atoms with Gasteiger partial charge in [0.25, 0.3) is 0 Å². The normalized spacial score (nSPS) is 19.8. The number of carbonyl (C=O) groups excluding carboxylic acids is 1. The van der Waals surface area contributed by atoms with Crippen LogP contribution in [0.3, 0.4) is 0 Å². The Balaban J connectivity index is 2.41. The molecule has 1 atom stereocenters. The third-order valence-corrected chi connectivity index (χ3v) is 5.67. The first-order valence-corrected chi connectivity index (χ1v) is 9.05. The number of nitrogens with zero attached hydrogens (tertiary/aromatic N) is 1. The zero-order valence-electron chi connectivity index (χ0n) is 12.5. The Morgan fingerprint density at radius 2 is 1.90 bits per heavy atom. The first-order chi connectivity index (χ1) is 9.40. The van der Waals surface area contributed by atoms with Gasteiger partial charge in [0, 0.05) is 19.1 Å². The summed E-state index contributed by atoms with van der Waals surface area (Å²) in [4.78, 5) is 11.8. The molecule has 1 amide bonds. The van der Waals surface area contributed by atoms with E-state index < -0.39 is 16.1 Å². The van der Waals surface area contributed by atoms with Gasteiger partial charge in [-0.25, -0.2) is 12.7 Å². The third kappa shape index (κ3) is 5.03. The van der Waals surface area contributed by atoms with Crippen LogP contribution in [0.5, 0.6) is 0 Å². The van der Waals surface area contributed by atoms with Gasteiger partial charge >= 0.3 is 0 Å². The molecule has 0 spiro atoms. The smallest absolute Gasteiger partial charge is 0.237 e. The molecule has 0 radical (unpaired) electrons. The molecule has 1 saturated heterocycles. The van der Waals surface area contributed by atoms with Gasteiger partial charge in [0.2, 0.25) is 15.9 Å². The summed E-state index contributed by atoms with van der Waals surface area (Å²) in [5.74, 6) is 0.0764. The van der Waals surface area contributed by atoms with Gasteiger partial charge in [-0.05, 0) is 25.7 Å². The van der Waals surface area contributed by atoms with E-state index in [9.17, 15) is 13.2 Å². The van der Waals surface area contributed by atoms with Crippen molar-refractivity contribution in [1.82, 2.24) is 9.62 Å². The van der Waals surface area contributed by atoms with Crippen molar-refractivity contribution in [1.29, 1.82) is 0 Å². The zero-order chi connectivity index (χ0) is 15.2. The second-order valence-corrected chi connectivity index (χ2v) is 7.48. The molecule has 0 aromatic heterocycles. The monoisotopic (exact) mass is 305 g/mol. The van der Waals surface area contributed by atoms with Crippen LogP contribution in [0.1, 0.15) is 46.0 Å². The molecule has 1 heterocycles. The van der Waals surface area contributed by atoms with Crippen LogP contribution in [0, 0.1) is 0 Å². The SMILES string of the molecule is CCC[C@@H](N)C(=O)NC1CCN(S(=O)(=O)CCC)CC1. The molecule has 3 N–H and O–H groups in total. The number of nitrogens with one attached hydrogen (secondary N) is 1. The number of nitrogens with two attached hydrogens (primary N) is 1. The van der Waals surface area contributed by atoms with Gasteiger partial charge in [-0.2, -0.15) is 0 Å². The standard InChI is InChI=1S/C13H27N3O3S/c1-3-5-12(14)13(17)15-11-6-8-16(9-7-11)20(18,19)10-4-2/h11-12H,3-10,14H2,1-2H3,(H,15,17)/t12-/m1/s1. The van der Waals surface area contributed by atoms with Crippen LogP contribution < -0.4 is 11.1 Å². The Labute approximate surface area is 122 Å². The highest BCUT2D eigenvalue weighted by Crippen LogP contribution is 2.15. The molecule has 0 unspecified atom stereocenters. The van der Waals surface area contributed by atoms with Crippen LogP contribution in [0.15, 0.2) is 0 Å². The lowest BCUT2D eigenvalue weighted by Crippen LogP contribution is -2.50. The van der Waals surface area contributed by atoms with E-state index in [0.29, 0.717) is 38.8 Å². The van der Waals surface area contributed by atoms with Gasteiger partial charge in [0.1, 0.15) is 0 Å². The molecule has 118 valence electrons. The maximum Gasteiger partial charge on any atom is 0.237 e. The summed E-state index contributed by atoms with van der Waals surface area (Å²) in [5, 5.41) is 2.92. The van der Waals surface area contributed by atoms with Crippen LogP contribution in [0.4, 0.5) is 0 Å². The summed E-state index contributed by atoms with van der Waals surface area (Å²) >= 11 is 0. The lowest BCUT2D eigenvalue weighted by Gasteiger charge is -2.32. The lowest BCUT2D eigenvalue weighted by atomic mass is 10.1. The Morgan fingerprint density at radius 1 is 1.30 bits per heavy atom. The van der Waals surface area contributed by atoms with Crippen molar-refractivity contribution in [3.8, 4) is 0 Å². The molecule has 6 nitrogen and oxygen atoms in total. The van der Waals surface area contributed by atoms with E-state index in [4.69, 9.17) is 5.73 Å². The van der Waals surface area contributed by atoms with Crippen LogP contribution in [-0.4, -0.2) is 49.6 Å². The Morgan fingerprint density at radius 3 is 2.40 bits per heavy atom. The number of carbonyl (C=O) groups is 1. The van der Waals surface area contributed by atoms with Gasteiger partial charge in [0.15, 0.2) is 0 Å². The average Bonchev–Trinajstić information content (AvgIpc) is 2.39. The minimum Gasteiger partial charge on any atom is -0.352 e. The van der Waals surface area contributed by atoms with E-state index in [-0.39, 0.29) is 17.7 Å². The quantitative estimate of drug-likeness (QED) is 0.713. The lowest BCUT2D eigenvalue weighted by molar-refractivity contribution is -0.123. The van der Waals surface area contributed by atoms with E-state index in [1.807, 2.05) is 13.8 Å². The molecule has 1 fully saturated rings. The van der Waals surface area contributed by atoms with Gasteiger partial charge in [-0.15, -0.1) is 0 Å². The fraction of sp³-hybridized carbons (Fsp3) is 0.923. The minimum absolute atomic E-state index is 0.0403. The molecule has 0 bridgehead atoms. The maximum absolute atomic E-state index is 11.9. The largest absolute Gasteiger partial charge is 0.352 e. The van der Waals surface area contributed by atoms with E-state index >= 15 is 0 Å². The van der Waals surface area contributed by atoms with E-state index in [1.165, 1.54) is 4.31 Å². The van der Waals surface area contributed by atoms with Crippen LogP contribution >= 0.6 is 0 Å². The highest BCUT2D eigenvalue weighted by molar-refractivity contribution is 7.89. The molecule has 1 aliphatic rings. The molecule has 20 heavy (non-hydrogen) atoms. The van der Waals surface area contributed by atoms with E-state index in [0.717, 1.165) is 6.42 Å². The fourth-order valence-electron chi connectivity index (χ4n) is 2.42. The topological polar surface area (TPSA) is 92.5 Å². The second-order valence-electron chi connectivity index (χ2n) is 5.39. The van der Waals surface area contributed by atoms with Gasteiger partial charge in [0.05, 0.1) is 11.8 Å². The van der Waals surface area contributed by atoms with Crippen molar-refractivity contribution in [2.24, 2.45) is 5.73 Å². The summed E-state index contributed by atoms with van der Waals surface area (Å²) in [5.41, 5.74) is 5.76. The molecule has 1 aliphatic heterocycles. The Hall–Kier alpha value is -0.660. The predicted octanol–water partition coefficient (Wildman–Crippen LogP) is 0.434. The van der Waals surface area contributed by atoms with Crippen molar-refractivity contribution in [2.45, 2.75) is 58.0 Å². The zero-order valence-corrected chi connectivity index (χ0v) is 13.3. The summed E-state index contributed by atoms with van der Waals surface area (Å²) in [6.07, 6.45) is 3.50. The van der Waals surface area contributed by atoms with Gasteiger partial charge < -0.3 is 11.1 Å². The van der Waals surface area contributed by atoms with Crippen LogP contribution in [0.2, 0.25) is 0 Å². The molecular weight excluding hydrogens is 278 g/mol. The first kappa shape index (κ1) is 17.4. The number of rotatable bonds is 7. The summed E-state index contributed by atoms with van der Waals surface area (Å²) < 4.78 is 25.4. The molecule has 0 aromatic carbocycles. The molecule has 0 aliphatic carbocycles. The van der Waals surface area contributed by atoms with Crippen molar-refractivity contribution < 1.29 is 13.2 Å². The molecular formula is C13H27N3O3S. The molecule has 0 aromatic rings. The van der Waals surface area contributed by atoms with Crippen LogP contribution in [0.25, 0.3) is 0 Å². The minimum atomic E-state index is -3.11. The fourth-order valence-corrected chi connectivity index (χ4v) is 3.96. The van der Waals surface area contributed by atoms with Crippen LogP contribution in [-0.2, 0) is 14.8 Å². The molecule has 7 heteroatoms. The predicted molar refractivity (Wildman–Crippen MR) is 79.7 cm³/mol. The third-order valence-electron chi connectivity index (χ3n) is 3.59. The van der Waals surface area contributed by atoms with Crippen molar-refractivity contribution >= 4 is 15.9 Å². The number of hydrogen-bond acceptors (Lipinski definition) is 4. The number of piperidine rings is 1. The highest BCUT2D eigenvalue weighted by atomic mass is 32.2. The van der Waals surface area contributed by atoms with Crippen molar-refractivity contribution in [3.63, 3.8) is 0 Å². The van der Waals surface area contributed by atoms with Gasteiger partial charge in [-0.1, -0.05) is 20.3 Å². The van der Waals surface area contributed by atoms with E-state index in [1.54, 1.807) is 0 Å². The van der Waals surface area contributed by atoms with Crippen molar-refractivity contribution in [2.75, 3.05) is 18.8 Å². The van der Waals surface area contributed by atoms with E-state index in [2.05, 4.69) is 5.32 Å². The average molecular weight is 305 g/mol. The summed E-state index contributed by atoms with van der Waals surface area (Å²) in [6, 6.07) is -0.416. The first-order valence-electron chi connectivity index (χ1n) is 7.44. The molecule has 1 rings (SSSR count). The second kappa shape index (κ2) is 7.95. The number of amides is 1. The summed E-state index contributed by atoms with van der Waals surface area (Å²) in [7, 11) is -3.11. The summed E-state index contributed by atoms with van der Waals surface area (Å²) in [6.45, 7) is 4.82. The highest BCUT2D eigenvalue weighted by Gasteiger charge is 2.28. The van der Waals surface area contributed by atoms with Gasteiger partial charge in [-0.3, -0.25) is 4.79 Å². The number of hydrogen-bond donors (Lipinski definition) is 2. The number of sulfonamides is 1. The maximum atomic E-state index is 11.9. The van der Waals surface area contributed by atoms with Crippen molar-refractivity contribution in [3.05, 3.63) is 0 Å².